The minimum atomic E-state index is -1.07. The quantitative estimate of drug-likeness (QED) is 0.453. The molecule has 0 bridgehead atoms. The minimum Gasteiger partial charge on any atom is -0.481 e. The summed E-state index contributed by atoms with van der Waals surface area (Å²) in [5.74, 6) is -2.23. The van der Waals surface area contributed by atoms with Crippen LogP contribution in [0.4, 0.5) is 0 Å². The highest BCUT2D eigenvalue weighted by atomic mass is 16.4. The van der Waals surface area contributed by atoms with Gasteiger partial charge >= 0.3 is 5.97 Å². The first-order chi connectivity index (χ1) is 11.8. The lowest BCUT2D eigenvalue weighted by Crippen LogP contribution is -2.54. The molecule has 1 unspecified atom stereocenters. The summed E-state index contributed by atoms with van der Waals surface area (Å²) in [6.45, 7) is 3.24. The predicted octanol–water partition coefficient (Wildman–Crippen LogP) is -1.19. The number of hydrogen-bond acceptors (Lipinski definition) is 5. The first-order valence-corrected chi connectivity index (χ1v) is 8.65. The van der Waals surface area contributed by atoms with Crippen LogP contribution in [-0.2, 0) is 19.2 Å². The second-order valence-corrected chi connectivity index (χ2v) is 6.89. The Morgan fingerprint density at radius 3 is 2.64 bits per heavy atom. The van der Waals surface area contributed by atoms with Gasteiger partial charge in [-0.25, -0.2) is 0 Å². The molecule has 2 aliphatic rings. The van der Waals surface area contributed by atoms with Crippen molar-refractivity contribution in [1.29, 1.82) is 0 Å². The maximum atomic E-state index is 12.7. The predicted molar refractivity (Wildman–Crippen MR) is 88.3 cm³/mol. The van der Waals surface area contributed by atoms with Gasteiger partial charge in [-0.3, -0.25) is 19.2 Å². The smallest absolute Gasteiger partial charge is 0.303 e. The molecule has 0 spiro atoms. The summed E-state index contributed by atoms with van der Waals surface area (Å²) in [6, 6.07) is -1.97. The molecule has 2 rings (SSSR count). The number of carboxylic acids is 1. The first-order valence-electron chi connectivity index (χ1n) is 8.65. The van der Waals surface area contributed by atoms with Gasteiger partial charge in [-0.15, -0.1) is 0 Å². The molecule has 9 heteroatoms. The van der Waals surface area contributed by atoms with Gasteiger partial charge in [0.25, 0.3) is 0 Å². The van der Waals surface area contributed by atoms with Crippen LogP contribution in [0.5, 0.6) is 0 Å². The summed E-state index contributed by atoms with van der Waals surface area (Å²) in [6.07, 6.45) is 1.84. The Bertz CT molecular complexity index is 547. The molecular formula is C16H26N4O5. The van der Waals surface area contributed by atoms with Gasteiger partial charge in [0, 0.05) is 13.0 Å². The molecule has 25 heavy (non-hydrogen) atoms. The van der Waals surface area contributed by atoms with Crippen LogP contribution in [0.3, 0.4) is 0 Å². The van der Waals surface area contributed by atoms with E-state index in [-0.39, 0.29) is 30.7 Å². The number of nitrogens with two attached hydrogens (primary N) is 1. The van der Waals surface area contributed by atoms with Crippen LogP contribution in [0.2, 0.25) is 0 Å². The van der Waals surface area contributed by atoms with Crippen LogP contribution in [0.1, 0.15) is 39.0 Å². The maximum absolute atomic E-state index is 12.7. The lowest BCUT2D eigenvalue weighted by molar-refractivity contribution is -0.140. The van der Waals surface area contributed by atoms with E-state index >= 15 is 0 Å². The number of carboxylic acid groups (broad SMARTS) is 1. The van der Waals surface area contributed by atoms with E-state index in [0.717, 1.165) is 19.4 Å². The van der Waals surface area contributed by atoms with Gasteiger partial charge in [-0.05, 0) is 38.1 Å². The van der Waals surface area contributed by atoms with Crippen LogP contribution in [0.15, 0.2) is 0 Å². The topological polar surface area (TPSA) is 142 Å². The van der Waals surface area contributed by atoms with Gasteiger partial charge in [0.05, 0.1) is 6.04 Å². The highest BCUT2D eigenvalue weighted by molar-refractivity contribution is 5.93. The zero-order chi connectivity index (χ0) is 18.6. The number of likely N-dealkylation sites (tertiary alicyclic amines) is 1. The molecule has 0 aromatic carbocycles. The number of aliphatic carboxylic acids is 1. The van der Waals surface area contributed by atoms with Crippen molar-refractivity contribution in [1.82, 2.24) is 15.5 Å². The van der Waals surface area contributed by atoms with Crippen molar-refractivity contribution in [3.8, 4) is 0 Å². The van der Waals surface area contributed by atoms with Crippen molar-refractivity contribution in [2.24, 2.45) is 11.7 Å². The summed E-state index contributed by atoms with van der Waals surface area (Å²) in [7, 11) is 0. The van der Waals surface area contributed by atoms with Crippen LogP contribution < -0.4 is 16.4 Å². The van der Waals surface area contributed by atoms with Gasteiger partial charge in [0.15, 0.2) is 0 Å². The van der Waals surface area contributed by atoms with Crippen molar-refractivity contribution in [2.45, 2.75) is 57.2 Å². The number of carbonyl (C=O) groups excluding carboxylic acids is 3. The van der Waals surface area contributed by atoms with Gasteiger partial charge in [-0.1, -0.05) is 6.92 Å². The van der Waals surface area contributed by atoms with E-state index in [2.05, 4.69) is 10.6 Å². The number of nitrogens with zero attached hydrogens (tertiary/aromatic N) is 1. The maximum Gasteiger partial charge on any atom is 0.303 e. The molecule has 0 radical (unpaired) electrons. The lowest BCUT2D eigenvalue weighted by Gasteiger charge is -2.28. The molecule has 5 N–H and O–H groups in total. The molecule has 0 saturated carbocycles. The molecule has 3 amide bonds. The van der Waals surface area contributed by atoms with E-state index in [9.17, 15) is 19.2 Å². The molecule has 0 aromatic rings. The average molecular weight is 354 g/mol. The fourth-order valence-corrected chi connectivity index (χ4v) is 3.45. The van der Waals surface area contributed by atoms with Crippen LogP contribution in [-0.4, -0.2) is 64.9 Å². The molecule has 0 aliphatic carbocycles. The number of nitrogens with one attached hydrogen (secondary N) is 2. The molecular weight excluding hydrogens is 328 g/mol. The number of hydrogen-bond donors (Lipinski definition) is 4. The van der Waals surface area contributed by atoms with E-state index in [4.69, 9.17) is 10.8 Å². The second kappa shape index (κ2) is 8.28. The molecule has 2 heterocycles. The molecule has 2 saturated heterocycles. The summed E-state index contributed by atoms with van der Waals surface area (Å²) < 4.78 is 0. The molecule has 140 valence electrons. The van der Waals surface area contributed by atoms with Crippen molar-refractivity contribution < 1.29 is 24.3 Å². The highest BCUT2D eigenvalue weighted by Gasteiger charge is 2.41. The Balaban J connectivity index is 2.02. The standard InChI is InChI=1S/C16H26N4O5/c1-9-7-12(20(8-9)16(25)11-3-2-6-18-11)15(24)19-10(14(17)23)4-5-13(21)22/h9-12,18H,2-8H2,1H3,(H2,17,23)(H,19,24)(H,21,22)/t9?,10-,11+,12-/m0/s1. The lowest BCUT2D eigenvalue weighted by atomic mass is 10.1. The van der Waals surface area contributed by atoms with Crippen molar-refractivity contribution in [3.63, 3.8) is 0 Å². The monoisotopic (exact) mass is 354 g/mol. The Morgan fingerprint density at radius 2 is 2.08 bits per heavy atom. The number of carbonyl (C=O) groups is 4. The van der Waals surface area contributed by atoms with Crippen molar-refractivity contribution >= 4 is 23.7 Å². The Hall–Kier alpha value is -2.16. The summed E-state index contributed by atoms with van der Waals surface area (Å²) >= 11 is 0. The molecule has 0 aromatic heterocycles. The van der Waals surface area contributed by atoms with E-state index < -0.39 is 29.9 Å². The van der Waals surface area contributed by atoms with Crippen LogP contribution in [0.25, 0.3) is 0 Å². The normalized spacial score (nSPS) is 27.1. The largest absolute Gasteiger partial charge is 0.481 e. The SMILES string of the molecule is CC1C[C@@H](C(=O)N[C@@H](CCC(=O)O)C(N)=O)N(C(=O)[C@H]2CCCN2)C1. The first kappa shape index (κ1) is 19.2. The van der Waals surface area contributed by atoms with Gasteiger partial charge < -0.3 is 26.4 Å². The minimum absolute atomic E-state index is 0.0726. The van der Waals surface area contributed by atoms with E-state index in [1.165, 1.54) is 0 Å². The van der Waals surface area contributed by atoms with E-state index in [0.29, 0.717) is 13.0 Å². The third-order valence-electron chi connectivity index (χ3n) is 4.76. The second-order valence-electron chi connectivity index (χ2n) is 6.89. The van der Waals surface area contributed by atoms with Crippen molar-refractivity contribution in [3.05, 3.63) is 0 Å². The van der Waals surface area contributed by atoms with Crippen LogP contribution in [0, 0.1) is 5.92 Å². The van der Waals surface area contributed by atoms with Crippen LogP contribution >= 0.6 is 0 Å². The Morgan fingerprint density at radius 1 is 1.36 bits per heavy atom. The Labute approximate surface area is 146 Å². The zero-order valence-corrected chi connectivity index (χ0v) is 14.4. The highest BCUT2D eigenvalue weighted by Crippen LogP contribution is 2.25. The van der Waals surface area contributed by atoms with Crippen molar-refractivity contribution in [2.75, 3.05) is 13.1 Å². The Kier molecular flexibility index (Phi) is 6.35. The summed E-state index contributed by atoms with van der Waals surface area (Å²) in [4.78, 5) is 49.0. The van der Waals surface area contributed by atoms with Gasteiger partial charge in [0.1, 0.15) is 12.1 Å². The summed E-state index contributed by atoms with van der Waals surface area (Å²) in [5.41, 5.74) is 5.25. The third kappa shape index (κ3) is 4.91. The fraction of sp³-hybridized carbons (Fsp3) is 0.750. The molecule has 2 aliphatic heterocycles. The van der Waals surface area contributed by atoms with E-state index in [1.807, 2.05) is 6.92 Å². The summed E-state index contributed by atoms with van der Waals surface area (Å²) in [5, 5.41) is 14.4. The molecule has 9 nitrogen and oxygen atoms in total. The molecule has 2 fully saturated rings. The third-order valence-corrected chi connectivity index (χ3v) is 4.76. The van der Waals surface area contributed by atoms with Gasteiger partial charge in [-0.2, -0.15) is 0 Å². The fourth-order valence-electron chi connectivity index (χ4n) is 3.45. The van der Waals surface area contributed by atoms with E-state index in [1.54, 1.807) is 4.90 Å². The zero-order valence-electron chi connectivity index (χ0n) is 14.4. The number of amides is 3. The molecule has 4 atom stereocenters. The number of primary amides is 1. The average Bonchev–Trinajstić information content (AvgIpc) is 3.19. The number of rotatable bonds is 7. The van der Waals surface area contributed by atoms with Gasteiger partial charge in [0.2, 0.25) is 17.7 Å².